The van der Waals surface area contributed by atoms with E-state index in [0.717, 1.165) is 5.56 Å². The van der Waals surface area contributed by atoms with Gasteiger partial charge in [-0.3, -0.25) is 0 Å². The Balaban J connectivity index is 2.36. The van der Waals surface area contributed by atoms with E-state index in [0.29, 0.717) is 23.7 Å². The summed E-state index contributed by atoms with van der Waals surface area (Å²) in [5, 5.41) is 0. The van der Waals surface area contributed by atoms with Crippen molar-refractivity contribution < 1.29 is 19.0 Å². The molecule has 0 amide bonds. The molecule has 0 bridgehead atoms. The van der Waals surface area contributed by atoms with Crippen LogP contribution in [-0.4, -0.2) is 19.4 Å². The first-order valence-corrected chi connectivity index (χ1v) is 4.79. The molecule has 2 rings (SSSR count). The third kappa shape index (κ3) is 1.75. The molecular formula is C11H12O4. The van der Waals surface area contributed by atoms with E-state index in [2.05, 4.69) is 0 Å². The maximum absolute atomic E-state index is 11.5. The van der Waals surface area contributed by atoms with Crippen molar-refractivity contribution in [2.24, 2.45) is 0 Å². The first-order chi connectivity index (χ1) is 7.22. The van der Waals surface area contributed by atoms with Crippen LogP contribution in [0.2, 0.25) is 0 Å². The number of hydrogen-bond donors (Lipinski definition) is 0. The van der Waals surface area contributed by atoms with Crippen LogP contribution in [0, 0.1) is 6.92 Å². The molecule has 1 aromatic rings. The van der Waals surface area contributed by atoms with E-state index >= 15 is 0 Å². The smallest absolute Gasteiger partial charge is 0.338 e. The molecule has 0 unspecified atom stereocenters. The summed E-state index contributed by atoms with van der Waals surface area (Å²) >= 11 is 0. The van der Waals surface area contributed by atoms with E-state index in [1.54, 1.807) is 19.1 Å². The number of rotatable bonds is 2. The Kier molecular flexibility index (Phi) is 2.49. The van der Waals surface area contributed by atoms with Gasteiger partial charge < -0.3 is 14.2 Å². The highest BCUT2D eigenvalue weighted by atomic mass is 16.7. The highest BCUT2D eigenvalue weighted by Crippen LogP contribution is 2.34. The number of carbonyl (C=O) groups is 1. The van der Waals surface area contributed by atoms with Crippen LogP contribution in [0.4, 0.5) is 0 Å². The van der Waals surface area contributed by atoms with E-state index < -0.39 is 0 Å². The summed E-state index contributed by atoms with van der Waals surface area (Å²) in [7, 11) is 0. The number of aryl methyl sites for hydroxylation is 1. The third-order valence-electron chi connectivity index (χ3n) is 2.21. The number of benzene rings is 1. The van der Waals surface area contributed by atoms with E-state index in [-0.39, 0.29) is 12.8 Å². The zero-order valence-corrected chi connectivity index (χ0v) is 8.70. The lowest BCUT2D eigenvalue weighted by Gasteiger charge is -2.06. The van der Waals surface area contributed by atoms with Crippen LogP contribution < -0.4 is 9.47 Å². The molecule has 0 aliphatic carbocycles. The molecule has 1 aromatic carbocycles. The molecule has 4 nitrogen and oxygen atoms in total. The van der Waals surface area contributed by atoms with Gasteiger partial charge in [0.15, 0.2) is 11.5 Å². The van der Waals surface area contributed by atoms with Gasteiger partial charge >= 0.3 is 5.97 Å². The minimum absolute atomic E-state index is 0.209. The van der Waals surface area contributed by atoms with Gasteiger partial charge in [0.1, 0.15) is 0 Å². The van der Waals surface area contributed by atoms with Crippen LogP contribution in [0.15, 0.2) is 12.1 Å². The number of esters is 1. The molecule has 15 heavy (non-hydrogen) atoms. The maximum atomic E-state index is 11.5. The molecule has 0 N–H and O–H groups in total. The first-order valence-electron chi connectivity index (χ1n) is 4.79. The molecule has 1 aliphatic heterocycles. The predicted molar refractivity (Wildman–Crippen MR) is 53.3 cm³/mol. The molecule has 80 valence electrons. The van der Waals surface area contributed by atoms with Crippen LogP contribution in [0.1, 0.15) is 22.8 Å². The molecule has 0 atom stereocenters. The van der Waals surface area contributed by atoms with Crippen LogP contribution in [0.3, 0.4) is 0 Å². The standard InChI is InChI=1S/C11H12O4/c1-3-13-11(12)8-5-10-9(4-7(8)2)14-6-15-10/h4-5H,3,6H2,1-2H3. The van der Waals surface area contributed by atoms with Crippen LogP contribution in [0.25, 0.3) is 0 Å². The summed E-state index contributed by atoms with van der Waals surface area (Å²) in [5.41, 5.74) is 1.36. The summed E-state index contributed by atoms with van der Waals surface area (Å²) in [6, 6.07) is 3.45. The minimum Gasteiger partial charge on any atom is -0.462 e. The molecular weight excluding hydrogens is 196 g/mol. The third-order valence-corrected chi connectivity index (χ3v) is 2.21. The summed E-state index contributed by atoms with van der Waals surface area (Å²) in [6.45, 7) is 4.20. The Morgan fingerprint density at radius 2 is 2.07 bits per heavy atom. The largest absolute Gasteiger partial charge is 0.462 e. The Morgan fingerprint density at radius 3 is 2.73 bits per heavy atom. The van der Waals surface area contributed by atoms with E-state index in [9.17, 15) is 4.79 Å². The van der Waals surface area contributed by atoms with E-state index in [4.69, 9.17) is 14.2 Å². The lowest BCUT2D eigenvalue weighted by atomic mass is 10.1. The SMILES string of the molecule is CCOC(=O)c1cc2c(cc1C)OCO2. The second-order valence-electron chi connectivity index (χ2n) is 3.24. The summed E-state index contributed by atoms with van der Waals surface area (Å²) in [5.74, 6) is 0.956. The topological polar surface area (TPSA) is 44.8 Å². The Bertz CT molecular complexity index is 398. The lowest BCUT2D eigenvalue weighted by Crippen LogP contribution is -2.06. The van der Waals surface area contributed by atoms with Crippen molar-refractivity contribution in [3.05, 3.63) is 23.3 Å². The highest BCUT2D eigenvalue weighted by molar-refractivity contribution is 5.92. The van der Waals surface area contributed by atoms with Crippen LogP contribution >= 0.6 is 0 Å². The van der Waals surface area contributed by atoms with Gasteiger partial charge in [0.05, 0.1) is 12.2 Å². The molecule has 0 fully saturated rings. The van der Waals surface area contributed by atoms with Gasteiger partial charge in [0, 0.05) is 0 Å². The Morgan fingerprint density at radius 1 is 1.40 bits per heavy atom. The van der Waals surface area contributed by atoms with Crippen molar-refractivity contribution in [2.45, 2.75) is 13.8 Å². The van der Waals surface area contributed by atoms with Gasteiger partial charge in [-0.25, -0.2) is 4.79 Å². The van der Waals surface area contributed by atoms with Crippen molar-refractivity contribution in [2.75, 3.05) is 13.4 Å². The van der Waals surface area contributed by atoms with E-state index in [1.807, 2.05) is 6.92 Å². The molecule has 0 aromatic heterocycles. The molecule has 0 spiro atoms. The zero-order chi connectivity index (χ0) is 10.8. The van der Waals surface area contributed by atoms with Crippen molar-refractivity contribution >= 4 is 5.97 Å². The second kappa shape index (κ2) is 3.81. The molecule has 0 saturated heterocycles. The summed E-state index contributed by atoms with van der Waals surface area (Å²) in [6.07, 6.45) is 0. The number of hydrogen-bond acceptors (Lipinski definition) is 4. The quantitative estimate of drug-likeness (QED) is 0.696. The highest BCUT2D eigenvalue weighted by Gasteiger charge is 2.19. The van der Waals surface area contributed by atoms with Gasteiger partial charge in [0.2, 0.25) is 6.79 Å². The Labute approximate surface area is 87.8 Å². The molecule has 1 heterocycles. The molecule has 0 radical (unpaired) electrons. The molecule has 0 saturated carbocycles. The normalized spacial score (nSPS) is 12.7. The number of ether oxygens (including phenoxy) is 3. The van der Waals surface area contributed by atoms with Gasteiger partial charge in [0.25, 0.3) is 0 Å². The van der Waals surface area contributed by atoms with Crippen molar-refractivity contribution in [3.63, 3.8) is 0 Å². The fourth-order valence-corrected chi connectivity index (χ4v) is 1.47. The van der Waals surface area contributed by atoms with Crippen molar-refractivity contribution in [3.8, 4) is 11.5 Å². The van der Waals surface area contributed by atoms with Gasteiger partial charge in [-0.05, 0) is 31.5 Å². The maximum Gasteiger partial charge on any atom is 0.338 e. The molecule has 1 aliphatic rings. The number of carbonyl (C=O) groups excluding carboxylic acids is 1. The van der Waals surface area contributed by atoms with Crippen molar-refractivity contribution in [1.29, 1.82) is 0 Å². The van der Waals surface area contributed by atoms with Crippen LogP contribution in [-0.2, 0) is 4.74 Å². The average Bonchev–Trinajstić information content (AvgIpc) is 2.63. The Hall–Kier alpha value is -1.71. The van der Waals surface area contributed by atoms with Crippen molar-refractivity contribution in [1.82, 2.24) is 0 Å². The predicted octanol–water partition coefficient (Wildman–Crippen LogP) is 1.90. The zero-order valence-electron chi connectivity index (χ0n) is 8.70. The average molecular weight is 208 g/mol. The first kappa shape index (κ1) is 9.83. The van der Waals surface area contributed by atoms with Gasteiger partial charge in [-0.2, -0.15) is 0 Å². The fraction of sp³-hybridized carbons (Fsp3) is 0.364. The summed E-state index contributed by atoms with van der Waals surface area (Å²) in [4.78, 5) is 11.5. The minimum atomic E-state index is -0.326. The fourth-order valence-electron chi connectivity index (χ4n) is 1.47. The van der Waals surface area contributed by atoms with Crippen LogP contribution in [0.5, 0.6) is 11.5 Å². The monoisotopic (exact) mass is 208 g/mol. The number of fused-ring (bicyclic) bond motifs is 1. The summed E-state index contributed by atoms with van der Waals surface area (Å²) < 4.78 is 15.3. The second-order valence-corrected chi connectivity index (χ2v) is 3.24. The van der Waals surface area contributed by atoms with Gasteiger partial charge in [-0.15, -0.1) is 0 Å². The molecule has 4 heteroatoms. The van der Waals surface area contributed by atoms with E-state index in [1.165, 1.54) is 0 Å². The lowest BCUT2D eigenvalue weighted by molar-refractivity contribution is 0.0525. The van der Waals surface area contributed by atoms with Gasteiger partial charge in [-0.1, -0.05) is 0 Å².